The summed E-state index contributed by atoms with van der Waals surface area (Å²) < 4.78 is 4.88. The van der Waals surface area contributed by atoms with Gasteiger partial charge in [-0.25, -0.2) is 4.79 Å². The van der Waals surface area contributed by atoms with Gasteiger partial charge in [0.25, 0.3) is 0 Å². The molecule has 0 aromatic rings. The molecule has 1 fully saturated rings. The topological polar surface area (TPSA) is 63.7 Å². The van der Waals surface area contributed by atoms with E-state index in [1.807, 2.05) is 0 Å². The Morgan fingerprint density at radius 3 is 2.41 bits per heavy atom. The SMILES string of the molecule is C=CC(=O)C(CCCC)CC(CN1CCOC1=O)C(=O)C=C. The van der Waals surface area contributed by atoms with Crippen LogP contribution in [0.5, 0.6) is 0 Å². The maximum atomic E-state index is 12.1. The first kappa shape index (κ1) is 18.1. The number of rotatable bonds is 11. The van der Waals surface area contributed by atoms with Crippen molar-refractivity contribution in [3.63, 3.8) is 0 Å². The van der Waals surface area contributed by atoms with Crippen LogP contribution in [0.2, 0.25) is 0 Å². The highest BCUT2D eigenvalue weighted by molar-refractivity contribution is 5.94. The predicted octanol–water partition coefficient (Wildman–Crippen LogP) is 2.76. The molecule has 0 spiro atoms. The summed E-state index contributed by atoms with van der Waals surface area (Å²) in [6.45, 7) is 10.2. The largest absolute Gasteiger partial charge is 0.448 e. The van der Waals surface area contributed by atoms with Gasteiger partial charge in [-0.1, -0.05) is 32.9 Å². The summed E-state index contributed by atoms with van der Waals surface area (Å²) in [4.78, 5) is 37.2. The average molecular weight is 307 g/mol. The minimum absolute atomic E-state index is 0.0423. The Labute approximate surface area is 132 Å². The van der Waals surface area contributed by atoms with E-state index in [0.29, 0.717) is 19.6 Å². The van der Waals surface area contributed by atoms with Crippen LogP contribution in [0.15, 0.2) is 25.3 Å². The molecule has 2 atom stereocenters. The first-order valence-corrected chi connectivity index (χ1v) is 7.77. The van der Waals surface area contributed by atoms with E-state index in [1.165, 1.54) is 17.1 Å². The Kier molecular flexibility index (Phi) is 7.57. The quantitative estimate of drug-likeness (QED) is 0.551. The van der Waals surface area contributed by atoms with Crippen molar-refractivity contribution < 1.29 is 19.1 Å². The van der Waals surface area contributed by atoms with Crippen molar-refractivity contribution in [1.82, 2.24) is 4.90 Å². The van der Waals surface area contributed by atoms with Crippen molar-refractivity contribution in [3.8, 4) is 0 Å². The van der Waals surface area contributed by atoms with Gasteiger partial charge in [0.05, 0.1) is 6.54 Å². The van der Waals surface area contributed by atoms with E-state index >= 15 is 0 Å². The van der Waals surface area contributed by atoms with Crippen LogP contribution < -0.4 is 0 Å². The van der Waals surface area contributed by atoms with Gasteiger partial charge in [-0.15, -0.1) is 0 Å². The first-order chi connectivity index (χ1) is 10.5. The minimum atomic E-state index is -0.422. The zero-order valence-corrected chi connectivity index (χ0v) is 13.3. The van der Waals surface area contributed by atoms with Gasteiger partial charge in [-0.3, -0.25) is 9.59 Å². The van der Waals surface area contributed by atoms with Crippen molar-refractivity contribution in [2.75, 3.05) is 19.7 Å². The van der Waals surface area contributed by atoms with Crippen LogP contribution in [0.3, 0.4) is 0 Å². The van der Waals surface area contributed by atoms with E-state index in [0.717, 1.165) is 19.3 Å². The number of allylic oxidation sites excluding steroid dienone is 2. The fraction of sp³-hybridized carbons (Fsp3) is 0.588. The Bertz CT molecular complexity index is 444. The van der Waals surface area contributed by atoms with Crippen LogP contribution in [0.1, 0.15) is 32.6 Å². The van der Waals surface area contributed by atoms with Crippen molar-refractivity contribution in [1.29, 1.82) is 0 Å². The van der Waals surface area contributed by atoms with Gasteiger partial charge in [0.1, 0.15) is 6.61 Å². The molecule has 1 amide bonds. The number of ether oxygens (including phenoxy) is 1. The second kappa shape index (κ2) is 9.18. The third-order valence-corrected chi connectivity index (χ3v) is 3.97. The number of cyclic esters (lactones) is 1. The summed E-state index contributed by atoms with van der Waals surface area (Å²) in [5.74, 6) is -0.837. The van der Waals surface area contributed by atoms with Gasteiger partial charge in [-0.2, -0.15) is 0 Å². The summed E-state index contributed by atoms with van der Waals surface area (Å²) in [5.41, 5.74) is 0. The highest BCUT2D eigenvalue weighted by Crippen LogP contribution is 2.23. The molecule has 0 aliphatic carbocycles. The maximum absolute atomic E-state index is 12.1. The van der Waals surface area contributed by atoms with Gasteiger partial charge in [0, 0.05) is 18.4 Å². The molecule has 0 aromatic heterocycles. The van der Waals surface area contributed by atoms with E-state index in [2.05, 4.69) is 20.1 Å². The molecule has 1 aliphatic rings. The molecule has 122 valence electrons. The average Bonchev–Trinajstić information content (AvgIpc) is 2.93. The number of carbonyl (C=O) groups excluding carboxylic acids is 3. The fourth-order valence-corrected chi connectivity index (χ4v) is 2.64. The highest BCUT2D eigenvalue weighted by Gasteiger charge is 2.30. The van der Waals surface area contributed by atoms with E-state index in [9.17, 15) is 14.4 Å². The molecule has 1 saturated heterocycles. The molecule has 1 heterocycles. The first-order valence-electron chi connectivity index (χ1n) is 7.77. The number of carbonyl (C=O) groups is 3. The Morgan fingerprint density at radius 2 is 1.91 bits per heavy atom. The molecular formula is C17H25NO4. The molecule has 5 nitrogen and oxygen atoms in total. The zero-order chi connectivity index (χ0) is 16.5. The Morgan fingerprint density at radius 1 is 1.27 bits per heavy atom. The molecule has 1 aliphatic heterocycles. The minimum Gasteiger partial charge on any atom is -0.448 e. The van der Waals surface area contributed by atoms with Gasteiger partial charge in [0.15, 0.2) is 11.6 Å². The molecule has 1 rings (SSSR count). The molecule has 0 aromatic carbocycles. The molecule has 0 bridgehead atoms. The number of hydrogen-bond donors (Lipinski definition) is 0. The zero-order valence-electron chi connectivity index (χ0n) is 13.3. The van der Waals surface area contributed by atoms with Crippen LogP contribution in [0.4, 0.5) is 4.79 Å². The van der Waals surface area contributed by atoms with E-state index in [4.69, 9.17) is 4.74 Å². The number of hydrogen-bond acceptors (Lipinski definition) is 4. The normalized spacial score (nSPS) is 16.8. The Hall–Kier alpha value is -1.91. The lowest BCUT2D eigenvalue weighted by Crippen LogP contribution is -2.35. The summed E-state index contributed by atoms with van der Waals surface area (Å²) in [6, 6.07) is 0. The smallest absolute Gasteiger partial charge is 0.409 e. The maximum Gasteiger partial charge on any atom is 0.409 e. The standard InChI is InChI=1S/C17H25NO4/c1-4-7-8-13(15(19)5-2)11-14(16(20)6-3)12-18-9-10-22-17(18)21/h5-6,13-14H,2-4,7-12H2,1H3. The van der Waals surface area contributed by atoms with Crippen LogP contribution in [-0.4, -0.2) is 42.3 Å². The molecule has 2 unspecified atom stereocenters. The van der Waals surface area contributed by atoms with Crippen molar-refractivity contribution >= 4 is 17.7 Å². The monoisotopic (exact) mass is 307 g/mol. The number of ketones is 2. The molecule has 0 N–H and O–H groups in total. The Balaban J connectivity index is 2.77. The van der Waals surface area contributed by atoms with Gasteiger partial charge in [-0.05, 0) is 25.0 Å². The summed E-state index contributed by atoms with van der Waals surface area (Å²) in [5, 5.41) is 0. The number of unbranched alkanes of at least 4 members (excludes halogenated alkanes) is 1. The summed E-state index contributed by atoms with van der Waals surface area (Å²) in [6.07, 6.45) is 5.24. The lowest BCUT2D eigenvalue weighted by molar-refractivity contribution is -0.121. The predicted molar refractivity (Wildman–Crippen MR) is 84.5 cm³/mol. The fourth-order valence-electron chi connectivity index (χ4n) is 2.64. The van der Waals surface area contributed by atoms with E-state index < -0.39 is 12.0 Å². The summed E-state index contributed by atoms with van der Waals surface area (Å²) in [7, 11) is 0. The lowest BCUT2D eigenvalue weighted by atomic mass is 9.85. The third-order valence-electron chi connectivity index (χ3n) is 3.97. The van der Waals surface area contributed by atoms with Crippen LogP contribution in [0, 0.1) is 11.8 Å². The molecule has 0 radical (unpaired) electrons. The van der Waals surface area contributed by atoms with Crippen molar-refractivity contribution in [3.05, 3.63) is 25.3 Å². The molecular weight excluding hydrogens is 282 g/mol. The lowest BCUT2D eigenvalue weighted by Gasteiger charge is -2.23. The van der Waals surface area contributed by atoms with Gasteiger partial charge >= 0.3 is 6.09 Å². The van der Waals surface area contributed by atoms with Crippen molar-refractivity contribution in [2.24, 2.45) is 11.8 Å². The number of amides is 1. The van der Waals surface area contributed by atoms with Crippen molar-refractivity contribution in [2.45, 2.75) is 32.6 Å². The number of nitrogens with zero attached hydrogens (tertiary/aromatic N) is 1. The third kappa shape index (κ3) is 5.13. The summed E-state index contributed by atoms with van der Waals surface area (Å²) >= 11 is 0. The highest BCUT2D eigenvalue weighted by atomic mass is 16.6. The van der Waals surface area contributed by atoms with E-state index in [1.54, 1.807) is 0 Å². The van der Waals surface area contributed by atoms with Crippen LogP contribution in [-0.2, 0) is 14.3 Å². The van der Waals surface area contributed by atoms with Crippen LogP contribution >= 0.6 is 0 Å². The molecule has 22 heavy (non-hydrogen) atoms. The second-order valence-electron chi connectivity index (χ2n) is 5.55. The van der Waals surface area contributed by atoms with Gasteiger partial charge in [0.2, 0.25) is 0 Å². The van der Waals surface area contributed by atoms with E-state index in [-0.39, 0.29) is 24.0 Å². The van der Waals surface area contributed by atoms with Gasteiger partial charge < -0.3 is 9.64 Å². The second-order valence-corrected chi connectivity index (χ2v) is 5.55. The molecule has 0 saturated carbocycles. The van der Waals surface area contributed by atoms with Crippen LogP contribution in [0.25, 0.3) is 0 Å². The molecule has 5 heteroatoms.